The Balaban J connectivity index is 1.63. The van der Waals surface area contributed by atoms with E-state index in [-0.39, 0.29) is 5.41 Å². The van der Waals surface area contributed by atoms with E-state index in [9.17, 15) is 0 Å². The van der Waals surface area contributed by atoms with Crippen LogP contribution in [-0.4, -0.2) is 0 Å². The van der Waals surface area contributed by atoms with Crippen molar-refractivity contribution >= 4 is 11.4 Å². The molecule has 0 heterocycles. The lowest BCUT2D eigenvalue weighted by Crippen LogP contribution is -2.28. The molecular formula is C36H44N2. The van der Waals surface area contributed by atoms with Crippen molar-refractivity contribution in [1.29, 1.82) is 0 Å². The van der Waals surface area contributed by atoms with Gasteiger partial charge in [0.2, 0.25) is 0 Å². The molecule has 0 aliphatic rings. The predicted molar refractivity (Wildman–Crippen MR) is 165 cm³/mol. The van der Waals surface area contributed by atoms with Gasteiger partial charge in [0.05, 0.1) is 0 Å². The molecule has 0 amide bonds. The van der Waals surface area contributed by atoms with Crippen molar-refractivity contribution in [2.75, 3.05) is 11.5 Å². The summed E-state index contributed by atoms with van der Waals surface area (Å²) >= 11 is 0. The minimum atomic E-state index is 0.0463. The van der Waals surface area contributed by atoms with E-state index in [1.54, 1.807) is 0 Å². The Morgan fingerprint density at radius 2 is 0.789 bits per heavy atom. The predicted octanol–water partition coefficient (Wildman–Crippen LogP) is 9.09. The van der Waals surface area contributed by atoms with Gasteiger partial charge in [-0.25, -0.2) is 0 Å². The molecule has 198 valence electrons. The first-order chi connectivity index (χ1) is 18.5. The molecule has 4 N–H and O–H groups in total. The zero-order valence-electron chi connectivity index (χ0n) is 23.3. The summed E-state index contributed by atoms with van der Waals surface area (Å²) in [7, 11) is 0. The molecular weight excluding hydrogens is 460 g/mol. The lowest BCUT2D eigenvalue weighted by molar-refractivity contribution is 0.401. The third kappa shape index (κ3) is 7.07. The molecule has 0 bridgehead atoms. The standard InChI is InChI=1S/C36H44N2/c1-3-5-7-25-36(24-6-4-2,32-16-8-28(9-17-32)26-30-12-20-34(37)21-13-30)33-18-10-29(11-19-33)27-31-14-22-35(38)23-15-31/h8-23H,3-7,24-27,37-38H2,1-2H3. The van der Waals surface area contributed by atoms with Crippen LogP contribution >= 0.6 is 0 Å². The molecule has 0 radical (unpaired) electrons. The van der Waals surface area contributed by atoms with Crippen molar-refractivity contribution in [3.05, 3.63) is 130 Å². The summed E-state index contributed by atoms with van der Waals surface area (Å²) in [6.07, 6.45) is 10.4. The molecule has 38 heavy (non-hydrogen) atoms. The molecule has 0 aliphatic carbocycles. The maximum atomic E-state index is 5.88. The van der Waals surface area contributed by atoms with Crippen LogP contribution in [-0.2, 0) is 18.3 Å². The van der Waals surface area contributed by atoms with E-state index in [2.05, 4.69) is 86.6 Å². The SMILES string of the molecule is CCCCCC(CCCC)(c1ccc(Cc2ccc(N)cc2)cc1)c1ccc(Cc2ccc(N)cc2)cc1. The lowest BCUT2D eigenvalue weighted by Gasteiger charge is -2.36. The highest BCUT2D eigenvalue weighted by Crippen LogP contribution is 2.42. The third-order valence-electron chi connectivity index (χ3n) is 7.95. The Morgan fingerprint density at radius 1 is 0.447 bits per heavy atom. The summed E-state index contributed by atoms with van der Waals surface area (Å²) < 4.78 is 0. The zero-order valence-corrected chi connectivity index (χ0v) is 23.3. The van der Waals surface area contributed by atoms with Crippen LogP contribution in [0.4, 0.5) is 11.4 Å². The van der Waals surface area contributed by atoms with Crippen LogP contribution in [0.3, 0.4) is 0 Å². The highest BCUT2D eigenvalue weighted by molar-refractivity contribution is 5.45. The van der Waals surface area contributed by atoms with Gasteiger partial charge in [0.15, 0.2) is 0 Å². The Labute approximate surface area is 230 Å². The first kappa shape index (κ1) is 27.5. The summed E-state index contributed by atoms with van der Waals surface area (Å²) in [5.74, 6) is 0. The van der Waals surface area contributed by atoms with E-state index in [0.717, 1.165) is 24.2 Å². The topological polar surface area (TPSA) is 52.0 Å². The molecule has 4 rings (SSSR count). The van der Waals surface area contributed by atoms with Crippen molar-refractivity contribution in [3.63, 3.8) is 0 Å². The van der Waals surface area contributed by atoms with Gasteiger partial charge in [0.1, 0.15) is 0 Å². The Bertz CT molecular complexity index is 1150. The van der Waals surface area contributed by atoms with E-state index in [0.29, 0.717) is 0 Å². The molecule has 0 aliphatic heterocycles. The number of hydrogen-bond donors (Lipinski definition) is 2. The minimum Gasteiger partial charge on any atom is -0.399 e. The van der Waals surface area contributed by atoms with Gasteiger partial charge in [-0.05, 0) is 83.3 Å². The molecule has 0 saturated heterocycles. The molecule has 0 fully saturated rings. The highest BCUT2D eigenvalue weighted by atomic mass is 14.5. The summed E-state index contributed by atoms with van der Waals surface area (Å²) in [5, 5.41) is 0. The Hall–Kier alpha value is -3.52. The molecule has 0 unspecified atom stereocenters. The van der Waals surface area contributed by atoms with Crippen molar-refractivity contribution in [1.82, 2.24) is 0 Å². The Morgan fingerprint density at radius 3 is 1.16 bits per heavy atom. The van der Waals surface area contributed by atoms with Gasteiger partial charge in [0.25, 0.3) is 0 Å². The monoisotopic (exact) mass is 504 g/mol. The second kappa shape index (κ2) is 13.3. The van der Waals surface area contributed by atoms with Crippen molar-refractivity contribution in [2.24, 2.45) is 0 Å². The molecule has 2 nitrogen and oxygen atoms in total. The molecule has 0 saturated carbocycles. The van der Waals surface area contributed by atoms with Crippen LogP contribution < -0.4 is 11.5 Å². The number of benzene rings is 4. The fourth-order valence-electron chi connectivity index (χ4n) is 5.65. The smallest absolute Gasteiger partial charge is 0.0314 e. The summed E-state index contributed by atoms with van der Waals surface area (Å²) in [4.78, 5) is 0. The van der Waals surface area contributed by atoms with Crippen LogP contribution in [0.25, 0.3) is 0 Å². The van der Waals surface area contributed by atoms with Crippen LogP contribution in [0, 0.1) is 0 Å². The van der Waals surface area contributed by atoms with E-state index in [1.807, 2.05) is 24.3 Å². The fourth-order valence-corrected chi connectivity index (χ4v) is 5.65. The van der Waals surface area contributed by atoms with Gasteiger partial charge in [-0.1, -0.05) is 119 Å². The molecule has 2 heteroatoms. The van der Waals surface area contributed by atoms with Crippen molar-refractivity contribution in [3.8, 4) is 0 Å². The van der Waals surface area contributed by atoms with Gasteiger partial charge in [-0.3, -0.25) is 0 Å². The van der Waals surface area contributed by atoms with Gasteiger partial charge in [0, 0.05) is 16.8 Å². The molecule has 0 aromatic heterocycles. The second-order valence-electron chi connectivity index (χ2n) is 10.9. The fraction of sp³-hybridized carbons (Fsp3) is 0.333. The first-order valence-electron chi connectivity index (χ1n) is 14.4. The minimum absolute atomic E-state index is 0.0463. The van der Waals surface area contributed by atoms with Gasteiger partial charge in [-0.2, -0.15) is 0 Å². The van der Waals surface area contributed by atoms with Gasteiger partial charge in [-0.15, -0.1) is 0 Å². The normalized spacial score (nSPS) is 11.5. The molecule has 0 atom stereocenters. The van der Waals surface area contributed by atoms with E-state index < -0.39 is 0 Å². The third-order valence-corrected chi connectivity index (χ3v) is 7.95. The molecule has 4 aromatic rings. The van der Waals surface area contributed by atoms with E-state index >= 15 is 0 Å². The highest BCUT2D eigenvalue weighted by Gasteiger charge is 2.33. The maximum absolute atomic E-state index is 5.88. The first-order valence-corrected chi connectivity index (χ1v) is 14.4. The number of rotatable bonds is 13. The number of anilines is 2. The average molecular weight is 505 g/mol. The van der Waals surface area contributed by atoms with E-state index in [1.165, 1.54) is 78.3 Å². The zero-order chi connectivity index (χ0) is 26.8. The summed E-state index contributed by atoms with van der Waals surface area (Å²) in [6, 6.07) is 35.4. The molecule has 4 aromatic carbocycles. The van der Waals surface area contributed by atoms with Crippen molar-refractivity contribution in [2.45, 2.75) is 77.0 Å². The van der Waals surface area contributed by atoms with E-state index in [4.69, 9.17) is 11.5 Å². The number of nitrogens with two attached hydrogens (primary N) is 2. The largest absolute Gasteiger partial charge is 0.399 e. The quantitative estimate of drug-likeness (QED) is 0.141. The van der Waals surface area contributed by atoms with Crippen molar-refractivity contribution < 1.29 is 0 Å². The van der Waals surface area contributed by atoms with Crippen LogP contribution in [0.5, 0.6) is 0 Å². The second-order valence-corrected chi connectivity index (χ2v) is 10.9. The van der Waals surface area contributed by atoms with Gasteiger partial charge < -0.3 is 11.5 Å². The molecule has 0 spiro atoms. The number of nitrogen functional groups attached to an aromatic ring is 2. The average Bonchev–Trinajstić information content (AvgIpc) is 2.94. The van der Waals surface area contributed by atoms with Crippen LogP contribution in [0.15, 0.2) is 97.1 Å². The lowest BCUT2D eigenvalue weighted by atomic mass is 9.67. The van der Waals surface area contributed by atoms with Crippen LogP contribution in [0.2, 0.25) is 0 Å². The van der Waals surface area contributed by atoms with Gasteiger partial charge >= 0.3 is 0 Å². The maximum Gasteiger partial charge on any atom is 0.0314 e. The number of hydrogen-bond acceptors (Lipinski definition) is 2. The van der Waals surface area contributed by atoms with Crippen LogP contribution in [0.1, 0.15) is 92.2 Å². The summed E-state index contributed by atoms with van der Waals surface area (Å²) in [5.41, 5.74) is 21.6. The number of unbranched alkanes of at least 4 members (excludes halogenated alkanes) is 3. The Kier molecular flexibility index (Phi) is 9.65. The summed E-state index contributed by atoms with van der Waals surface area (Å²) in [6.45, 7) is 4.61.